The van der Waals surface area contributed by atoms with Crippen molar-refractivity contribution < 1.29 is 23.9 Å². The number of hydrogen-bond donors (Lipinski definition) is 2. The Balaban J connectivity index is 1.84. The molecule has 1 aromatic carbocycles. The summed E-state index contributed by atoms with van der Waals surface area (Å²) in [6.07, 6.45) is 1.36. The normalized spacial score (nSPS) is 14.6. The second kappa shape index (κ2) is 6.84. The first-order chi connectivity index (χ1) is 10.5. The van der Waals surface area contributed by atoms with Gasteiger partial charge >= 0.3 is 12.0 Å². The fourth-order valence-corrected chi connectivity index (χ4v) is 1.64. The lowest BCUT2D eigenvalue weighted by Crippen LogP contribution is -2.45. The van der Waals surface area contributed by atoms with E-state index in [-0.39, 0.29) is 11.6 Å². The van der Waals surface area contributed by atoms with E-state index in [4.69, 9.17) is 4.74 Å². The lowest BCUT2D eigenvalue weighted by atomic mass is 10.1. The molecule has 1 atom stereocenters. The highest BCUT2D eigenvalue weighted by molar-refractivity contribution is 5.98. The molecule has 1 unspecified atom stereocenters. The van der Waals surface area contributed by atoms with Gasteiger partial charge in [0.2, 0.25) is 0 Å². The molecule has 1 aliphatic carbocycles. The molecule has 2 N–H and O–H groups in total. The van der Waals surface area contributed by atoms with Crippen LogP contribution < -0.4 is 10.6 Å². The van der Waals surface area contributed by atoms with Crippen molar-refractivity contribution >= 4 is 24.2 Å². The first-order valence-corrected chi connectivity index (χ1v) is 6.87. The number of ether oxygens (including phenoxy) is 1. The van der Waals surface area contributed by atoms with Gasteiger partial charge in [-0.1, -0.05) is 12.1 Å². The number of carbonyl (C=O) groups excluding carboxylic acids is 4. The predicted octanol–water partition coefficient (Wildman–Crippen LogP) is 1.03. The molecule has 22 heavy (non-hydrogen) atoms. The van der Waals surface area contributed by atoms with Crippen LogP contribution >= 0.6 is 0 Å². The Hall–Kier alpha value is -2.70. The van der Waals surface area contributed by atoms with Gasteiger partial charge in [0.1, 0.15) is 6.29 Å². The second-order valence-electron chi connectivity index (χ2n) is 5.02. The van der Waals surface area contributed by atoms with Gasteiger partial charge in [-0.05, 0) is 31.9 Å². The Bertz CT molecular complexity index is 592. The zero-order valence-corrected chi connectivity index (χ0v) is 12.0. The Morgan fingerprint density at radius 1 is 1.23 bits per heavy atom. The number of amides is 3. The topological polar surface area (TPSA) is 102 Å². The van der Waals surface area contributed by atoms with Gasteiger partial charge < -0.3 is 10.1 Å². The number of benzene rings is 1. The lowest BCUT2D eigenvalue weighted by molar-refractivity contribution is -0.127. The summed E-state index contributed by atoms with van der Waals surface area (Å²) in [5, 5.41) is 4.71. The van der Waals surface area contributed by atoms with Crippen molar-refractivity contribution in [2.24, 2.45) is 0 Å². The summed E-state index contributed by atoms with van der Waals surface area (Å²) in [5.74, 6) is -1.40. The SMILES string of the molecule is CC(OC(=O)c1ccc(C=O)cc1)C(=O)NC(=O)NC1CC1. The predicted molar refractivity (Wildman–Crippen MR) is 76.4 cm³/mol. The van der Waals surface area contributed by atoms with Crippen LogP contribution in [0.1, 0.15) is 40.5 Å². The minimum atomic E-state index is -1.11. The molecule has 0 radical (unpaired) electrons. The van der Waals surface area contributed by atoms with Crippen molar-refractivity contribution in [3.63, 3.8) is 0 Å². The average Bonchev–Trinajstić information content (AvgIpc) is 3.30. The minimum Gasteiger partial charge on any atom is -0.449 e. The quantitative estimate of drug-likeness (QED) is 0.625. The molecule has 0 bridgehead atoms. The van der Waals surface area contributed by atoms with E-state index in [2.05, 4.69) is 10.6 Å². The molecule has 1 fully saturated rings. The first-order valence-electron chi connectivity index (χ1n) is 6.87. The number of rotatable bonds is 5. The standard InChI is InChI=1S/C15H16N2O5/c1-9(13(19)17-15(21)16-12-6-7-12)22-14(20)11-4-2-10(8-18)3-5-11/h2-5,8-9,12H,6-7H2,1H3,(H2,16,17,19,21). The minimum absolute atomic E-state index is 0.127. The van der Waals surface area contributed by atoms with Gasteiger partial charge in [0.05, 0.1) is 5.56 Å². The van der Waals surface area contributed by atoms with Gasteiger partial charge in [0.25, 0.3) is 5.91 Å². The third-order valence-corrected chi connectivity index (χ3v) is 3.08. The molecular formula is C15H16N2O5. The van der Waals surface area contributed by atoms with Gasteiger partial charge in [-0.3, -0.25) is 14.9 Å². The van der Waals surface area contributed by atoms with Gasteiger partial charge in [-0.2, -0.15) is 0 Å². The maximum atomic E-state index is 11.8. The molecule has 0 heterocycles. The first kappa shape index (κ1) is 15.7. The third-order valence-electron chi connectivity index (χ3n) is 3.08. The number of urea groups is 1. The van der Waals surface area contributed by atoms with Crippen molar-refractivity contribution in [3.05, 3.63) is 35.4 Å². The molecule has 0 aromatic heterocycles. The van der Waals surface area contributed by atoms with Crippen LogP contribution in [0.15, 0.2) is 24.3 Å². The Morgan fingerprint density at radius 2 is 1.86 bits per heavy atom. The summed E-state index contributed by atoms with van der Waals surface area (Å²) in [6, 6.07) is 5.33. The smallest absolute Gasteiger partial charge is 0.338 e. The highest BCUT2D eigenvalue weighted by Crippen LogP contribution is 2.18. The van der Waals surface area contributed by atoms with E-state index in [9.17, 15) is 19.2 Å². The van der Waals surface area contributed by atoms with Crippen LogP contribution in [-0.2, 0) is 9.53 Å². The number of aldehydes is 1. The van der Waals surface area contributed by atoms with Crippen molar-refractivity contribution in [2.75, 3.05) is 0 Å². The van der Waals surface area contributed by atoms with Crippen LogP contribution in [0.4, 0.5) is 4.79 Å². The largest absolute Gasteiger partial charge is 0.449 e. The molecule has 0 aliphatic heterocycles. The fourth-order valence-electron chi connectivity index (χ4n) is 1.64. The molecule has 1 saturated carbocycles. The van der Waals surface area contributed by atoms with E-state index in [1.807, 2.05) is 0 Å². The van der Waals surface area contributed by atoms with Crippen LogP contribution in [0.3, 0.4) is 0 Å². The zero-order valence-electron chi connectivity index (χ0n) is 12.0. The van der Waals surface area contributed by atoms with Gasteiger partial charge in [0.15, 0.2) is 6.10 Å². The average molecular weight is 304 g/mol. The van der Waals surface area contributed by atoms with E-state index in [0.717, 1.165) is 12.8 Å². The number of imide groups is 1. The summed E-state index contributed by atoms with van der Waals surface area (Å²) in [6.45, 7) is 1.37. The summed E-state index contributed by atoms with van der Waals surface area (Å²) >= 11 is 0. The zero-order chi connectivity index (χ0) is 16.1. The van der Waals surface area contributed by atoms with Crippen molar-refractivity contribution in [1.29, 1.82) is 0 Å². The summed E-state index contributed by atoms with van der Waals surface area (Å²) in [7, 11) is 0. The maximum Gasteiger partial charge on any atom is 0.338 e. The highest BCUT2D eigenvalue weighted by atomic mass is 16.5. The molecule has 2 rings (SSSR count). The van der Waals surface area contributed by atoms with Gasteiger partial charge in [-0.15, -0.1) is 0 Å². The summed E-state index contributed by atoms with van der Waals surface area (Å²) in [4.78, 5) is 45.5. The molecule has 7 nitrogen and oxygen atoms in total. The summed E-state index contributed by atoms with van der Waals surface area (Å²) < 4.78 is 4.97. The maximum absolute atomic E-state index is 11.8. The Kier molecular flexibility index (Phi) is 4.88. The number of carbonyl (C=O) groups is 4. The number of hydrogen-bond acceptors (Lipinski definition) is 5. The molecule has 7 heteroatoms. The van der Waals surface area contributed by atoms with Crippen LogP contribution in [0.5, 0.6) is 0 Å². The third kappa shape index (κ3) is 4.41. The highest BCUT2D eigenvalue weighted by Gasteiger charge is 2.26. The Labute approximate surface area is 127 Å². The van der Waals surface area contributed by atoms with E-state index in [1.54, 1.807) is 0 Å². The molecule has 116 valence electrons. The second-order valence-corrected chi connectivity index (χ2v) is 5.02. The fraction of sp³-hybridized carbons (Fsp3) is 0.333. The number of nitrogens with one attached hydrogen (secondary N) is 2. The van der Waals surface area contributed by atoms with Crippen LogP contribution in [0.2, 0.25) is 0 Å². The van der Waals surface area contributed by atoms with Gasteiger partial charge in [0, 0.05) is 11.6 Å². The van der Waals surface area contributed by atoms with Gasteiger partial charge in [-0.25, -0.2) is 9.59 Å². The molecule has 0 saturated heterocycles. The van der Waals surface area contributed by atoms with Crippen LogP contribution in [-0.4, -0.2) is 36.3 Å². The monoisotopic (exact) mass is 304 g/mol. The van der Waals surface area contributed by atoms with E-state index < -0.39 is 24.0 Å². The molecule has 1 aliphatic rings. The molecular weight excluding hydrogens is 288 g/mol. The molecule has 3 amide bonds. The summed E-state index contributed by atoms with van der Waals surface area (Å²) in [5.41, 5.74) is 0.645. The Morgan fingerprint density at radius 3 is 2.41 bits per heavy atom. The molecule has 1 aromatic rings. The lowest BCUT2D eigenvalue weighted by Gasteiger charge is -2.13. The van der Waals surface area contributed by atoms with E-state index >= 15 is 0 Å². The van der Waals surface area contributed by atoms with Crippen molar-refractivity contribution in [3.8, 4) is 0 Å². The van der Waals surface area contributed by atoms with Crippen molar-refractivity contribution in [1.82, 2.24) is 10.6 Å². The van der Waals surface area contributed by atoms with Crippen LogP contribution in [0.25, 0.3) is 0 Å². The van der Waals surface area contributed by atoms with E-state index in [0.29, 0.717) is 11.8 Å². The van der Waals surface area contributed by atoms with E-state index in [1.165, 1.54) is 31.2 Å². The number of esters is 1. The molecule has 0 spiro atoms. The van der Waals surface area contributed by atoms with Crippen LogP contribution in [0, 0.1) is 0 Å². The van der Waals surface area contributed by atoms with Crippen molar-refractivity contribution in [2.45, 2.75) is 31.9 Å².